The highest BCUT2D eigenvalue weighted by molar-refractivity contribution is 7.89. The molecule has 1 unspecified atom stereocenters. The van der Waals surface area contributed by atoms with E-state index in [-0.39, 0.29) is 11.1 Å². The minimum atomic E-state index is -3.59. The number of hydrogen-bond acceptors (Lipinski definition) is 5. The summed E-state index contributed by atoms with van der Waals surface area (Å²) in [5.74, 6) is 1.16. The zero-order chi connectivity index (χ0) is 14.6. The molecule has 2 N–H and O–H groups in total. The number of hydrogen-bond donors (Lipinski definition) is 2. The Labute approximate surface area is 119 Å². The second kappa shape index (κ2) is 6.71. The zero-order valence-electron chi connectivity index (χ0n) is 11.9. The van der Waals surface area contributed by atoms with Crippen molar-refractivity contribution in [2.24, 2.45) is 5.92 Å². The SMILES string of the molecule is CC(C)CNCc1ccc(S(=O)(=O)NC2CCOC2)o1. The van der Waals surface area contributed by atoms with Gasteiger partial charge in [-0.15, -0.1) is 0 Å². The first-order chi connectivity index (χ1) is 9.47. The third-order valence-electron chi connectivity index (χ3n) is 3.01. The Balaban J connectivity index is 1.92. The molecule has 0 aromatic carbocycles. The van der Waals surface area contributed by atoms with Gasteiger partial charge in [-0.25, -0.2) is 13.1 Å². The molecular formula is C13H22N2O4S. The molecule has 1 aliphatic heterocycles. The molecular weight excluding hydrogens is 280 g/mol. The summed E-state index contributed by atoms with van der Waals surface area (Å²) in [6.45, 7) is 6.62. The second-order valence-corrected chi connectivity index (χ2v) is 7.07. The first-order valence-corrected chi connectivity index (χ1v) is 8.35. The molecule has 1 aromatic rings. The molecule has 1 fully saturated rings. The van der Waals surface area contributed by atoms with Crippen molar-refractivity contribution in [3.63, 3.8) is 0 Å². The Hall–Kier alpha value is -0.890. The van der Waals surface area contributed by atoms with Gasteiger partial charge in [0.1, 0.15) is 5.76 Å². The summed E-state index contributed by atoms with van der Waals surface area (Å²) < 4.78 is 37.3. The number of ether oxygens (including phenoxy) is 1. The largest absolute Gasteiger partial charge is 0.447 e. The summed E-state index contributed by atoms with van der Waals surface area (Å²) in [6, 6.07) is 3.02. The van der Waals surface area contributed by atoms with Crippen LogP contribution in [0.5, 0.6) is 0 Å². The lowest BCUT2D eigenvalue weighted by molar-refractivity contribution is 0.192. The first-order valence-electron chi connectivity index (χ1n) is 6.87. The standard InChI is InChI=1S/C13H22N2O4S/c1-10(2)7-14-8-12-3-4-13(19-12)20(16,17)15-11-5-6-18-9-11/h3-4,10-11,14-15H,5-9H2,1-2H3. The number of sulfonamides is 1. The summed E-state index contributed by atoms with van der Waals surface area (Å²) in [5, 5.41) is 3.17. The van der Waals surface area contributed by atoms with Crippen LogP contribution in [0.2, 0.25) is 0 Å². The summed E-state index contributed by atoms with van der Waals surface area (Å²) in [5.41, 5.74) is 0. The molecule has 20 heavy (non-hydrogen) atoms. The van der Waals surface area contributed by atoms with Crippen molar-refractivity contribution in [2.45, 2.75) is 37.9 Å². The van der Waals surface area contributed by atoms with Crippen molar-refractivity contribution >= 4 is 10.0 Å². The fourth-order valence-electron chi connectivity index (χ4n) is 1.99. The molecule has 0 saturated carbocycles. The van der Waals surface area contributed by atoms with Crippen molar-refractivity contribution < 1.29 is 17.6 Å². The van der Waals surface area contributed by atoms with Crippen LogP contribution in [0, 0.1) is 5.92 Å². The maximum Gasteiger partial charge on any atom is 0.274 e. The van der Waals surface area contributed by atoms with E-state index in [0.29, 0.717) is 37.9 Å². The summed E-state index contributed by atoms with van der Waals surface area (Å²) in [6.07, 6.45) is 0.697. The highest BCUT2D eigenvalue weighted by Crippen LogP contribution is 2.16. The van der Waals surface area contributed by atoms with Crippen LogP contribution in [0.1, 0.15) is 26.0 Å². The van der Waals surface area contributed by atoms with Gasteiger partial charge in [-0.3, -0.25) is 0 Å². The molecule has 114 valence electrons. The normalized spacial score (nSPS) is 19.9. The summed E-state index contributed by atoms with van der Waals surface area (Å²) in [7, 11) is -3.59. The van der Waals surface area contributed by atoms with Gasteiger partial charge in [0.25, 0.3) is 10.0 Å². The van der Waals surface area contributed by atoms with E-state index in [4.69, 9.17) is 9.15 Å². The van der Waals surface area contributed by atoms with Gasteiger partial charge in [0, 0.05) is 12.6 Å². The van der Waals surface area contributed by atoms with Crippen molar-refractivity contribution in [1.82, 2.24) is 10.0 Å². The molecule has 6 nitrogen and oxygen atoms in total. The monoisotopic (exact) mass is 302 g/mol. The predicted molar refractivity (Wildman–Crippen MR) is 74.8 cm³/mol. The zero-order valence-corrected chi connectivity index (χ0v) is 12.7. The van der Waals surface area contributed by atoms with Crippen molar-refractivity contribution in [1.29, 1.82) is 0 Å². The van der Waals surface area contributed by atoms with Gasteiger partial charge in [-0.05, 0) is 31.0 Å². The third kappa shape index (κ3) is 4.31. The average Bonchev–Trinajstić information content (AvgIpc) is 2.99. The van der Waals surface area contributed by atoms with E-state index in [1.165, 1.54) is 6.07 Å². The second-order valence-electron chi connectivity index (χ2n) is 5.43. The smallest absolute Gasteiger partial charge is 0.274 e. The van der Waals surface area contributed by atoms with Crippen LogP contribution in [0.3, 0.4) is 0 Å². The third-order valence-corrected chi connectivity index (χ3v) is 4.40. The van der Waals surface area contributed by atoms with Gasteiger partial charge in [0.05, 0.1) is 13.2 Å². The fraction of sp³-hybridized carbons (Fsp3) is 0.692. The average molecular weight is 302 g/mol. The number of rotatable bonds is 7. The molecule has 1 atom stereocenters. The van der Waals surface area contributed by atoms with Gasteiger partial charge in [-0.1, -0.05) is 13.8 Å². The van der Waals surface area contributed by atoms with Crippen LogP contribution in [0.25, 0.3) is 0 Å². The van der Waals surface area contributed by atoms with Crippen LogP contribution < -0.4 is 10.0 Å². The molecule has 0 aliphatic carbocycles. The summed E-state index contributed by atoms with van der Waals surface area (Å²) >= 11 is 0. The van der Waals surface area contributed by atoms with E-state index in [1.807, 2.05) is 0 Å². The molecule has 1 aliphatic rings. The van der Waals surface area contributed by atoms with Crippen molar-refractivity contribution in [2.75, 3.05) is 19.8 Å². The molecule has 7 heteroatoms. The Kier molecular flexibility index (Phi) is 5.20. The van der Waals surface area contributed by atoms with Crippen molar-refractivity contribution in [3.05, 3.63) is 17.9 Å². The van der Waals surface area contributed by atoms with Crippen molar-refractivity contribution in [3.8, 4) is 0 Å². The Morgan fingerprint density at radius 3 is 2.85 bits per heavy atom. The molecule has 0 amide bonds. The van der Waals surface area contributed by atoms with E-state index in [0.717, 1.165) is 6.54 Å². The molecule has 2 rings (SSSR count). The number of furan rings is 1. The van der Waals surface area contributed by atoms with E-state index >= 15 is 0 Å². The Bertz CT molecular complexity index is 518. The highest BCUT2D eigenvalue weighted by Gasteiger charge is 2.25. The summed E-state index contributed by atoms with van der Waals surface area (Å²) in [4.78, 5) is 0. The fourth-order valence-corrected chi connectivity index (χ4v) is 3.19. The van der Waals surface area contributed by atoms with Gasteiger partial charge < -0.3 is 14.5 Å². The quantitative estimate of drug-likeness (QED) is 0.788. The minimum Gasteiger partial charge on any atom is -0.447 e. The minimum absolute atomic E-state index is 0.0363. The van der Waals surface area contributed by atoms with E-state index in [2.05, 4.69) is 23.9 Å². The predicted octanol–water partition coefficient (Wildman–Crippen LogP) is 1.09. The van der Waals surface area contributed by atoms with E-state index in [9.17, 15) is 8.42 Å². The van der Waals surface area contributed by atoms with Gasteiger partial charge in [0.2, 0.25) is 5.09 Å². The molecule has 1 aromatic heterocycles. The van der Waals surface area contributed by atoms with E-state index in [1.54, 1.807) is 6.07 Å². The van der Waals surface area contributed by atoms with Gasteiger partial charge in [-0.2, -0.15) is 0 Å². The molecule has 0 radical (unpaired) electrons. The highest BCUT2D eigenvalue weighted by atomic mass is 32.2. The van der Waals surface area contributed by atoms with Crippen LogP contribution in [0.15, 0.2) is 21.6 Å². The van der Waals surface area contributed by atoms with E-state index < -0.39 is 10.0 Å². The van der Waals surface area contributed by atoms with Gasteiger partial charge in [0.15, 0.2) is 0 Å². The molecule has 1 saturated heterocycles. The van der Waals surface area contributed by atoms with Crippen LogP contribution in [-0.4, -0.2) is 34.2 Å². The maximum atomic E-state index is 12.1. The topological polar surface area (TPSA) is 80.6 Å². The molecule has 0 bridgehead atoms. The van der Waals surface area contributed by atoms with Gasteiger partial charge >= 0.3 is 0 Å². The lowest BCUT2D eigenvalue weighted by Gasteiger charge is -2.09. The maximum absolute atomic E-state index is 12.1. The van der Waals surface area contributed by atoms with Crippen LogP contribution >= 0.6 is 0 Å². The lowest BCUT2D eigenvalue weighted by Crippen LogP contribution is -2.34. The first kappa shape index (κ1) is 15.5. The van der Waals surface area contributed by atoms with Crippen LogP contribution in [-0.2, 0) is 21.3 Å². The lowest BCUT2D eigenvalue weighted by atomic mass is 10.2. The van der Waals surface area contributed by atoms with Crippen LogP contribution in [0.4, 0.5) is 0 Å². The molecule has 2 heterocycles. The Morgan fingerprint density at radius 2 is 2.20 bits per heavy atom. The number of nitrogens with one attached hydrogen (secondary N) is 2. The molecule has 0 spiro atoms. The Morgan fingerprint density at radius 1 is 1.40 bits per heavy atom.